The van der Waals surface area contributed by atoms with Crippen molar-refractivity contribution in [2.75, 3.05) is 0 Å². The molecule has 0 bridgehead atoms. The molecule has 1 atom stereocenters. The molecule has 0 heterocycles. The molecule has 0 radical (unpaired) electrons. The van der Waals surface area contributed by atoms with Crippen LogP contribution >= 0.6 is 15.9 Å². The number of alkyl halides is 3. The minimum atomic E-state index is -4.58. The molecule has 0 saturated carbocycles. The summed E-state index contributed by atoms with van der Waals surface area (Å²) < 4.78 is 37.9. The Morgan fingerprint density at radius 2 is 2.00 bits per heavy atom. The van der Waals surface area contributed by atoms with Crippen molar-refractivity contribution in [2.24, 2.45) is 0 Å². The summed E-state index contributed by atoms with van der Waals surface area (Å²) in [5.74, 6) is -2.12. The predicted molar refractivity (Wildman–Crippen MR) is 68.3 cm³/mol. The monoisotopic (exact) mass is 353 g/mol. The van der Waals surface area contributed by atoms with Crippen LogP contribution < -0.4 is 5.32 Å². The average molecular weight is 354 g/mol. The van der Waals surface area contributed by atoms with Crippen LogP contribution in [0.4, 0.5) is 13.2 Å². The van der Waals surface area contributed by atoms with Gasteiger partial charge < -0.3 is 10.4 Å². The summed E-state index contributed by atoms with van der Waals surface area (Å²) in [6.45, 7) is 1.54. The van der Waals surface area contributed by atoms with Gasteiger partial charge in [-0.2, -0.15) is 13.2 Å². The van der Waals surface area contributed by atoms with E-state index in [-0.39, 0.29) is 16.5 Å². The van der Waals surface area contributed by atoms with Crippen molar-refractivity contribution >= 4 is 27.8 Å². The van der Waals surface area contributed by atoms with Gasteiger partial charge in [-0.1, -0.05) is 6.92 Å². The molecule has 0 aliphatic carbocycles. The summed E-state index contributed by atoms with van der Waals surface area (Å²) in [6, 6.07) is 1.45. The zero-order chi connectivity index (χ0) is 15.5. The molecule has 1 rings (SSSR count). The number of hydrogen-bond donors (Lipinski definition) is 2. The van der Waals surface area contributed by atoms with Crippen molar-refractivity contribution in [2.45, 2.75) is 25.6 Å². The van der Waals surface area contributed by atoms with Crippen molar-refractivity contribution in [3.63, 3.8) is 0 Å². The molecule has 0 saturated heterocycles. The molecule has 1 aromatic rings. The van der Waals surface area contributed by atoms with Gasteiger partial charge in [0.15, 0.2) is 0 Å². The van der Waals surface area contributed by atoms with Gasteiger partial charge in [-0.3, -0.25) is 4.79 Å². The zero-order valence-electron chi connectivity index (χ0n) is 10.3. The summed E-state index contributed by atoms with van der Waals surface area (Å²) in [4.78, 5) is 22.6. The number of amides is 1. The van der Waals surface area contributed by atoms with E-state index in [9.17, 15) is 22.8 Å². The van der Waals surface area contributed by atoms with Crippen LogP contribution in [0.5, 0.6) is 0 Å². The average Bonchev–Trinajstić information content (AvgIpc) is 2.34. The number of nitrogens with one attached hydrogen (secondary N) is 1. The largest absolute Gasteiger partial charge is 0.480 e. The lowest BCUT2D eigenvalue weighted by molar-refractivity contribution is -0.139. The topological polar surface area (TPSA) is 66.4 Å². The number of benzene rings is 1. The van der Waals surface area contributed by atoms with Crippen LogP contribution in [0.2, 0.25) is 0 Å². The number of carboxylic acid groups (broad SMARTS) is 1. The number of aliphatic carboxylic acids is 1. The zero-order valence-corrected chi connectivity index (χ0v) is 11.9. The van der Waals surface area contributed by atoms with Gasteiger partial charge in [0.1, 0.15) is 6.04 Å². The van der Waals surface area contributed by atoms with Crippen LogP contribution in [0.25, 0.3) is 0 Å². The highest BCUT2D eigenvalue weighted by atomic mass is 79.9. The van der Waals surface area contributed by atoms with Gasteiger partial charge in [0.25, 0.3) is 5.91 Å². The number of rotatable bonds is 4. The van der Waals surface area contributed by atoms with Gasteiger partial charge in [-0.25, -0.2) is 4.79 Å². The third-order valence-corrected chi connectivity index (χ3v) is 3.24. The minimum Gasteiger partial charge on any atom is -0.480 e. The van der Waals surface area contributed by atoms with Gasteiger partial charge in [-0.15, -0.1) is 0 Å². The Hall–Kier alpha value is -1.57. The first-order valence-corrected chi connectivity index (χ1v) is 6.36. The van der Waals surface area contributed by atoms with E-state index in [1.165, 1.54) is 0 Å². The number of carbonyl (C=O) groups excluding carboxylic acids is 1. The molecule has 0 spiro atoms. The van der Waals surface area contributed by atoms with Crippen molar-refractivity contribution in [1.29, 1.82) is 0 Å². The molecule has 0 aliphatic rings. The van der Waals surface area contributed by atoms with Gasteiger partial charge in [0.05, 0.1) is 11.1 Å². The lowest BCUT2D eigenvalue weighted by Crippen LogP contribution is -2.40. The van der Waals surface area contributed by atoms with Crippen molar-refractivity contribution in [3.8, 4) is 0 Å². The molecular weight excluding hydrogens is 343 g/mol. The van der Waals surface area contributed by atoms with E-state index in [4.69, 9.17) is 5.11 Å². The molecule has 1 amide bonds. The Kier molecular flexibility index (Phi) is 5.15. The molecule has 0 unspecified atom stereocenters. The van der Waals surface area contributed by atoms with E-state index in [1.54, 1.807) is 6.92 Å². The fourth-order valence-corrected chi connectivity index (χ4v) is 1.88. The standard InChI is InChI=1S/C12H11BrF3NO3/c1-2-9(11(19)20)17-10(18)7-5-6(12(14,15)16)3-4-8(7)13/h3-5,9H,2H2,1H3,(H,17,18)(H,19,20)/t9-/m0/s1. The van der Waals surface area contributed by atoms with Crippen LogP contribution in [0.1, 0.15) is 29.3 Å². The Morgan fingerprint density at radius 1 is 1.40 bits per heavy atom. The van der Waals surface area contributed by atoms with Gasteiger partial charge in [0.2, 0.25) is 0 Å². The van der Waals surface area contributed by atoms with Crippen LogP contribution in [0.15, 0.2) is 22.7 Å². The predicted octanol–water partition coefficient (Wildman–Crippen LogP) is 3.06. The molecule has 0 aliphatic heterocycles. The molecule has 2 N–H and O–H groups in total. The van der Waals surface area contributed by atoms with Crippen LogP contribution in [-0.2, 0) is 11.0 Å². The van der Waals surface area contributed by atoms with Crippen molar-refractivity contribution in [1.82, 2.24) is 5.32 Å². The summed E-state index contributed by atoms with van der Waals surface area (Å²) in [6.07, 6.45) is -4.45. The second-order valence-electron chi connectivity index (χ2n) is 3.96. The summed E-state index contributed by atoms with van der Waals surface area (Å²) in [5.41, 5.74) is -1.24. The highest BCUT2D eigenvalue weighted by Crippen LogP contribution is 2.31. The molecule has 20 heavy (non-hydrogen) atoms. The molecule has 4 nitrogen and oxygen atoms in total. The van der Waals surface area contributed by atoms with Gasteiger partial charge in [0, 0.05) is 4.47 Å². The summed E-state index contributed by atoms with van der Waals surface area (Å²) >= 11 is 2.97. The van der Waals surface area contributed by atoms with Crippen molar-refractivity contribution < 1.29 is 27.9 Å². The molecule has 0 aromatic heterocycles. The molecule has 110 valence electrons. The van der Waals surface area contributed by atoms with E-state index < -0.39 is 29.7 Å². The fourth-order valence-electron chi connectivity index (χ4n) is 1.45. The number of hydrogen-bond acceptors (Lipinski definition) is 2. The van der Waals surface area contributed by atoms with E-state index >= 15 is 0 Å². The first-order valence-electron chi connectivity index (χ1n) is 5.57. The van der Waals surface area contributed by atoms with Gasteiger partial charge >= 0.3 is 12.1 Å². The fraction of sp³-hybridized carbons (Fsp3) is 0.333. The van der Waals surface area contributed by atoms with E-state index in [0.29, 0.717) is 6.07 Å². The lowest BCUT2D eigenvalue weighted by atomic mass is 10.1. The Balaban J connectivity index is 3.06. The van der Waals surface area contributed by atoms with Gasteiger partial charge in [-0.05, 0) is 40.5 Å². The summed E-state index contributed by atoms with van der Waals surface area (Å²) in [5, 5.41) is 11.0. The van der Waals surface area contributed by atoms with E-state index in [2.05, 4.69) is 21.2 Å². The first kappa shape index (κ1) is 16.5. The quantitative estimate of drug-likeness (QED) is 0.874. The van der Waals surface area contributed by atoms with E-state index in [1.807, 2.05) is 0 Å². The molecular formula is C12H11BrF3NO3. The highest BCUT2D eigenvalue weighted by molar-refractivity contribution is 9.10. The van der Waals surface area contributed by atoms with Crippen LogP contribution in [0, 0.1) is 0 Å². The number of carbonyl (C=O) groups is 2. The second kappa shape index (κ2) is 6.25. The maximum absolute atomic E-state index is 12.6. The molecule has 8 heteroatoms. The Morgan fingerprint density at radius 3 is 2.45 bits per heavy atom. The Labute approximate surface area is 121 Å². The van der Waals surface area contributed by atoms with E-state index in [0.717, 1.165) is 12.1 Å². The number of halogens is 4. The van der Waals surface area contributed by atoms with Crippen LogP contribution in [-0.4, -0.2) is 23.0 Å². The molecule has 0 fully saturated rings. The van der Waals surface area contributed by atoms with Crippen LogP contribution in [0.3, 0.4) is 0 Å². The molecule has 1 aromatic carbocycles. The number of carboxylic acids is 1. The normalized spacial score (nSPS) is 12.8. The maximum Gasteiger partial charge on any atom is 0.416 e. The first-order chi connectivity index (χ1) is 9.16. The third kappa shape index (κ3) is 3.96. The minimum absolute atomic E-state index is 0.123. The maximum atomic E-state index is 12.6. The Bertz CT molecular complexity index is 531. The smallest absolute Gasteiger partial charge is 0.416 e. The summed E-state index contributed by atoms with van der Waals surface area (Å²) in [7, 11) is 0. The highest BCUT2D eigenvalue weighted by Gasteiger charge is 2.32. The SMILES string of the molecule is CC[C@H](NC(=O)c1cc(C(F)(F)F)ccc1Br)C(=O)O. The third-order valence-electron chi connectivity index (χ3n) is 2.55. The second-order valence-corrected chi connectivity index (χ2v) is 4.82. The lowest BCUT2D eigenvalue weighted by Gasteiger charge is -2.14. The van der Waals surface area contributed by atoms with Crippen molar-refractivity contribution in [3.05, 3.63) is 33.8 Å².